The molecule has 0 amide bonds. The molecule has 1 fully saturated rings. The van der Waals surface area contributed by atoms with E-state index in [0.29, 0.717) is 31.2 Å². The van der Waals surface area contributed by atoms with Crippen molar-refractivity contribution in [1.82, 2.24) is 4.90 Å². The van der Waals surface area contributed by atoms with Crippen LogP contribution < -0.4 is 0 Å². The van der Waals surface area contributed by atoms with Gasteiger partial charge in [-0.3, -0.25) is 4.79 Å². The van der Waals surface area contributed by atoms with Crippen molar-refractivity contribution in [3.8, 4) is 0 Å². The first-order valence-electron chi connectivity index (χ1n) is 10.2. The Balaban J connectivity index is 1.31. The van der Waals surface area contributed by atoms with Crippen LogP contribution in [-0.2, 0) is 9.53 Å². The third-order valence-corrected chi connectivity index (χ3v) is 5.91. The fourth-order valence-corrected chi connectivity index (χ4v) is 4.25. The van der Waals surface area contributed by atoms with Crippen LogP contribution in [0.25, 0.3) is 5.57 Å². The summed E-state index contributed by atoms with van der Waals surface area (Å²) in [6.07, 6.45) is 3.96. The Hall–Kier alpha value is -2.86. The third-order valence-electron chi connectivity index (χ3n) is 5.91. The van der Waals surface area contributed by atoms with Gasteiger partial charge in [0.15, 0.2) is 5.78 Å². The molecule has 156 valence electrons. The van der Waals surface area contributed by atoms with Crippen LogP contribution in [-0.4, -0.2) is 41.9 Å². The van der Waals surface area contributed by atoms with Crippen LogP contribution in [0.15, 0.2) is 54.6 Å². The Bertz CT molecular complexity index is 959. The van der Waals surface area contributed by atoms with Gasteiger partial charge in [-0.2, -0.15) is 0 Å². The average Bonchev–Trinajstić information content (AvgIpc) is 3.06. The molecule has 2 heterocycles. The summed E-state index contributed by atoms with van der Waals surface area (Å²) in [7, 11) is 0. The summed E-state index contributed by atoms with van der Waals surface area (Å²) in [5, 5.41) is 0. The van der Waals surface area contributed by atoms with Gasteiger partial charge >= 0.3 is 5.97 Å². The zero-order valence-corrected chi connectivity index (χ0v) is 16.6. The molecular formula is C24H23F2NO3. The van der Waals surface area contributed by atoms with Crippen molar-refractivity contribution in [2.45, 2.75) is 31.3 Å². The van der Waals surface area contributed by atoms with Gasteiger partial charge in [0, 0.05) is 49.6 Å². The molecule has 2 aliphatic heterocycles. The zero-order chi connectivity index (χ0) is 21.1. The molecule has 0 aromatic heterocycles. The van der Waals surface area contributed by atoms with E-state index in [2.05, 4.69) is 4.90 Å². The van der Waals surface area contributed by atoms with Crippen LogP contribution in [0.5, 0.6) is 0 Å². The largest absolute Gasteiger partial charge is 0.451 e. The maximum absolute atomic E-state index is 13.3. The number of ether oxygens (including phenoxy) is 1. The third kappa shape index (κ3) is 4.33. The number of ketones is 1. The Morgan fingerprint density at radius 1 is 0.967 bits per heavy atom. The first-order valence-corrected chi connectivity index (χ1v) is 10.2. The molecule has 0 atom stereocenters. The van der Waals surface area contributed by atoms with Crippen molar-refractivity contribution in [2.24, 2.45) is 0 Å². The summed E-state index contributed by atoms with van der Waals surface area (Å²) < 4.78 is 32.0. The van der Waals surface area contributed by atoms with Gasteiger partial charge < -0.3 is 9.64 Å². The normalized spacial score (nSPS) is 18.3. The number of rotatable bonds is 6. The van der Waals surface area contributed by atoms with Crippen LogP contribution in [0.1, 0.15) is 41.6 Å². The molecule has 2 aliphatic rings. The molecule has 30 heavy (non-hydrogen) atoms. The van der Waals surface area contributed by atoms with Crippen molar-refractivity contribution < 1.29 is 23.1 Å². The molecule has 4 rings (SSSR count). The van der Waals surface area contributed by atoms with Gasteiger partial charge in [0.2, 0.25) is 0 Å². The molecule has 0 N–H and O–H groups in total. The number of Topliss-reactive ketones (excluding diaryl/α,β-unsaturated/α-hetero) is 1. The first-order chi connectivity index (χ1) is 14.4. The highest BCUT2D eigenvalue weighted by Gasteiger charge is 2.45. The number of likely N-dealkylation sites (tertiary alicyclic amines) is 1. The number of nitrogens with zero attached hydrogens (tertiary/aromatic N) is 1. The minimum Gasteiger partial charge on any atom is -0.451 e. The predicted molar refractivity (Wildman–Crippen MR) is 109 cm³/mol. The molecule has 0 unspecified atom stereocenters. The standard InChI is InChI=1S/C24H23F2NO3/c25-19-7-3-17(4-8-19)21-16-23(29)30-24(21)11-14-27(15-12-24)13-1-2-22(28)18-5-9-20(26)10-6-18/h3-10,16H,1-2,11-15H2. The lowest BCUT2D eigenvalue weighted by molar-refractivity contribution is -0.148. The SMILES string of the molecule is O=C1C=C(c2ccc(F)cc2)C2(CCN(CCCC(=O)c3ccc(F)cc3)CC2)O1. The van der Waals surface area contributed by atoms with Gasteiger partial charge in [0.1, 0.15) is 17.2 Å². The van der Waals surface area contributed by atoms with Crippen molar-refractivity contribution in [3.05, 3.63) is 77.4 Å². The molecule has 2 aromatic carbocycles. The molecule has 0 aliphatic carbocycles. The second-order valence-electron chi connectivity index (χ2n) is 7.86. The number of carbonyl (C=O) groups excluding carboxylic acids is 2. The fraction of sp³-hybridized carbons (Fsp3) is 0.333. The summed E-state index contributed by atoms with van der Waals surface area (Å²) in [5.41, 5.74) is 1.50. The highest BCUT2D eigenvalue weighted by molar-refractivity contribution is 5.99. The van der Waals surface area contributed by atoms with Crippen LogP contribution >= 0.6 is 0 Å². The van der Waals surface area contributed by atoms with Gasteiger partial charge in [0.05, 0.1) is 0 Å². The van der Waals surface area contributed by atoms with E-state index in [4.69, 9.17) is 4.74 Å². The lowest BCUT2D eigenvalue weighted by Crippen LogP contribution is -2.45. The van der Waals surface area contributed by atoms with Gasteiger partial charge in [-0.25, -0.2) is 13.6 Å². The summed E-state index contributed by atoms with van der Waals surface area (Å²) in [5.74, 6) is -1.01. The molecule has 1 saturated heterocycles. The van der Waals surface area contributed by atoms with Gasteiger partial charge in [-0.1, -0.05) is 12.1 Å². The van der Waals surface area contributed by atoms with E-state index in [1.165, 1.54) is 42.5 Å². The van der Waals surface area contributed by atoms with E-state index in [9.17, 15) is 18.4 Å². The second kappa shape index (κ2) is 8.48. The topological polar surface area (TPSA) is 46.6 Å². The van der Waals surface area contributed by atoms with Crippen LogP contribution in [0, 0.1) is 11.6 Å². The molecule has 1 spiro atoms. The summed E-state index contributed by atoms with van der Waals surface area (Å²) in [6, 6.07) is 11.8. The molecule has 2 aromatic rings. The highest BCUT2D eigenvalue weighted by atomic mass is 19.1. The minimum absolute atomic E-state index is 0.00901. The van der Waals surface area contributed by atoms with E-state index in [1.807, 2.05) is 0 Å². The van der Waals surface area contributed by atoms with Crippen LogP contribution in [0.3, 0.4) is 0 Å². The number of halogens is 2. The second-order valence-corrected chi connectivity index (χ2v) is 7.86. The maximum atomic E-state index is 13.3. The van der Waals surface area contributed by atoms with E-state index < -0.39 is 5.60 Å². The number of hydrogen-bond donors (Lipinski definition) is 0. The molecule has 0 bridgehead atoms. The van der Waals surface area contributed by atoms with Gasteiger partial charge in [-0.15, -0.1) is 0 Å². The number of benzene rings is 2. The summed E-state index contributed by atoms with van der Waals surface area (Å²) in [6.45, 7) is 2.26. The number of esters is 1. The molecule has 4 nitrogen and oxygen atoms in total. The molecule has 0 radical (unpaired) electrons. The quantitative estimate of drug-likeness (QED) is 0.522. The van der Waals surface area contributed by atoms with Gasteiger partial charge in [-0.05, 0) is 54.9 Å². The number of piperidine rings is 1. The summed E-state index contributed by atoms with van der Waals surface area (Å²) >= 11 is 0. The minimum atomic E-state index is -0.657. The average molecular weight is 411 g/mol. The van der Waals surface area contributed by atoms with Crippen molar-refractivity contribution in [1.29, 1.82) is 0 Å². The van der Waals surface area contributed by atoms with E-state index >= 15 is 0 Å². The maximum Gasteiger partial charge on any atom is 0.332 e. The predicted octanol–water partition coefficient (Wildman–Crippen LogP) is 4.40. The van der Waals surface area contributed by atoms with Crippen molar-refractivity contribution >= 4 is 17.3 Å². The molecule has 6 heteroatoms. The number of carbonyl (C=O) groups is 2. The Morgan fingerprint density at radius 3 is 2.20 bits per heavy atom. The monoisotopic (exact) mass is 411 g/mol. The highest BCUT2D eigenvalue weighted by Crippen LogP contribution is 2.43. The zero-order valence-electron chi connectivity index (χ0n) is 16.6. The lowest BCUT2D eigenvalue weighted by Gasteiger charge is -2.40. The van der Waals surface area contributed by atoms with Crippen molar-refractivity contribution in [2.75, 3.05) is 19.6 Å². The smallest absolute Gasteiger partial charge is 0.332 e. The Morgan fingerprint density at radius 2 is 1.57 bits per heavy atom. The molecular weight excluding hydrogens is 388 g/mol. The fourth-order valence-electron chi connectivity index (χ4n) is 4.25. The first kappa shape index (κ1) is 20.4. The molecule has 0 saturated carbocycles. The van der Waals surface area contributed by atoms with Crippen molar-refractivity contribution in [3.63, 3.8) is 0 Å². The van der Waals surface area contributed by atoms with Crippen LogP contribution in [0.2, 0.25) is 0 Å². The lowest BCUT2D eigenvalue weighted by atomic mass is 9.81. The summed E-state index contributed by atoms with van der Waals surface area (Å²) in [4.78, 5) is 26.5. The Kier molecular flexibility index (Phi) is 5.77. The van der Waals surface area contributed by atoms with Gasteiger partial charge in [0.25, 0.3) is 0 Å². The van der Waals surface area contributed by atoms with E-state index in [1.54, 1.807) is 12.1 Å². The number of hydrogen-bond acceptors (Lipinski definition) is 4. The van der Waals surface area contributed by atoms with Crippen LogP contribution in [0.4, 0.5) is 8.78 Å². The van der Waals surface area contributed by atoms with E-state index in [0.717, 1.165) is 30.8 Å². The Labute approximate surface area is 174 Å². The van der Waals surface area contributed by atoms with E-state index in [-0.39, 0.29) is 23.4 Å².